The van der Waals surface area contributed by atoms with Crippen LogP contribution in [0.2, 0.25) is 5.02 Å². The second kappa shape index (κ2) is 8.34. The van der Waals surface area contributed by atoms with Gasteiger partial charge in [0.1, 0.15) is 12.4 Å². The van der Waals surface area contributed by atoms with Gasteiger partial charge < -0.3 is 15.0 Å². The van der Waals surface area contributed by atoms with E-state index in [1.54, 1.807) is 0 Å². The SMILES string of the molecule is CN(C)CCCNCCOc1cccc(Cl)c1. The van der Waals surface area contributed by atoms with Gasteiger partial charge in [-0.2, -0.15) is 0 Å². The molecule has 0 amide bonds. The van der Waals surface area contributed by atoms with Gasteiger partial charge in [-0.3, -0.25) is 0 Å². The highest BCUT2D eigenvalue weighted by Gasteiger charge is 1.95. The van der Waals surface area contributed by atoms with E-state index in [4.69, 9.17) is 16.3 Å². The average Bonchev–Trinajstić information content (AvgIpc) is 2.27. The number of hydrogen-bond acceptors (Lipinski definition) is 3. The summed E-state index contributed by atoms with van der Waals surface area (Å²) in [5.74, 6) is 0.826. The maximum Gasteiger partial charge on any atom is 0.120 e. The van der Waals surface area contributed by atoms with Crippen LogP contribution in [-0.2, 0) is 0 Å². The molecule has 0 spiro atoms. The van der Waals surface area contributed by atoms with Gasteiger partial charge in [0, 0.05) is 11.6 Å². The van der Waals surface area contributed by atoms with Gasteiger partial charge in [-0.05, 0) is 51.8 Å². The highest BCUT2D eigenvalue weighted by atomic mass is 35.5. The molecule has 0 aliphatic rings. The first-order valence-electron chi connectivity index (χ1n) is 5.92. The molecule has 0 heterocycles. The molecule has 3 nitrogen and oxygen atoms in total. The van der Waals surface area contributed by atoms with E-state index in [2.05, 4.69) is 24.3 Å². The molecular formula is C13H21ClN2O. The van der Waals surface area contributed by atoms with Gasteiger partial charge in [-0.25, -0.2) is 0 Å². The standard InChI is InChI=1S/C13H21ClN2O/c1-16(2)9-4-7-15-8-10-17-13-6-3-5-12(14)11-13/h3,5-6,11,15H,4,7-10H2,1-2H3. The monoisotopic (exact) mass is 256 g/mol. The fourth-order valence-corrected chi connectivity index (χ4v) is 1.62. The summed E-state index contributed by atoms with van der Waals surface area (Å²) in [6, 6.07) is 7.47. The van der Waals surface area contributed by atoms with Crippen molar-refractivity contribution in [3.05, 3.63) is 29.3 Å². The van der Waals surface area contributed by atoms with Gasteiger partial charge in [0.25, 0.3) is 0 Å². The van der Waals surface area contributed by atoms with E-state index in [0.29, 0.717) is 11.6 Å². The Morgan fingerprint density at radius 3 is 2.82 bits per heavy atom. The number of hydrogen-bond donors (Lipinski definition) is 1. The molecule has 17 heavy (non-hydrogen) atoms. The second-order valence-corrected chi connectivity index (χ2v) is 4.65. The first-order valence-corrected chi connectivity index (χ1v) is 6.30. The lowest BCUT2D eigenvalue weighted by atomic mass is 10.3. The largest absolute Gasteiger partial charge is 0.492 e. The number of benzene rings is 1. The summed E-state index contributed by atoms with van der Waals surface area (Å²) in [5, 5.41) is 4.05. The predicted octanol–water partition coefficient (Wildman–Crippen LogP) is 2.26. The van der Waals surface area contributed by atoms with Crippen molar-refractivity contribution in [2.75, 3.05) is 40.3 Å². The Kier molecular flexibility index (Phi) is 7.01. The Labute approximate surface area is 109 Å². The molecule has 0 aromatic heterocycles. The lowest BCUT2D eigenvalue weighted by Crippen LogP contribution is -2.25. The van der Waals surface area contributed by atoms with Crippen molar-refractivity contribution in [2.45, 2.75) is 6.42 Å². The van der Waals surface area contributed by atoms with Crippen molar-refractivity contribution < 1.29 is 4.74 Å². The van der Waals surface area contributed by atoms with Gasteiger partial charge in [0.15, 0.2) is 0 Å². The number of rotatable bonds is 8. The van der Waals surface area contributed by atoms with Crippen molar-refractivity contribution in [1.82, 2.24) is 10.2 Å². The topological polar surface area (TPSA) is 24.5 Å². The van der Waals surface area contributed by atoms with Gasteiger partial charge in [-0.15, -0.1) is 0 Å². The van der Waals surface area contributed by atoms with Crippen LogP contribution in [-0.4, -0.2) is 45.2 Å². The van der Waals surface area contributed by atoms with Gasteiger partial charge in [0.05, 0.1) is 0 Å². The summed E-state index contributed by atoms with van der Waals surface area (Å²) < 4.78 is 5.56. The molecule has 1 aromatic carbocycles. The first-order chi connectivity index (χ1) is 8.18. The van der Waals surface area contributed by atoms with Crippen LogP contribution in [0, 0.1) is 0 Å². The molecule has 1 N–H and O–H groups in total. The van der Waals surface area contributed by atoms with E-state index >= 15 is 0 Å². The lowest BCUT2D eigenvalue weighted by Gasteiger charge is -2.10. The fraction of sp³-hybridized carbons (Fsp3) is 0.538. The normalized spacial score (nSPS) is 10.8. The van der Waals surface area contributed by atoms with Crippen molar-refractivity contribution in [2.24, 2.45) is 0 Å². The molecule has 0 atom stereocenters. The Hall–Kier alpha value is -0.770. The third kappa shape index (κ3) is 7.21. The van der Waals surface area contributed by atoms with Crippen LogP contribution in [0.3, 0.4) is 0 Å². The zero-order chi connectivity index (χ0) is 12.5. The van der Waals surface area contributed by atoms with Crippen LogP contribution in [0.15, 0.2) is 24.3 Å². The molecule has 0 saturated carbocycles. The van der Waals surface area contributed by atoms with Gasteiger partial charge in [-0.1, -0.05) is 17.7 Å². The smallest absolute Gasteiger partial charge is 0.120 e. The Balaban J connectivity index is 2.01. The van der Waals surface area contributed by atoms with Crippen molar-refractivity contribution >= 4 is 11.6 Å². The summed E-state index contributed by atoms with van der Waals surface area (Å²) in [6.45, 7) is 3.67. The summed E-state index contributed by atoms with van der Waals surface area (Å²) in [7, 11) is 4.17. The summed E-state index contributed by atoms with van der Waals surface area (Å²) in [6.07, 6.45) is 1.16. The van der Waals surface area contributed by atoms with Crippen molar-refractivity contribution in [3.63, 3.8) is 0 Å². The zero-order valence-corrected chi connectivity index (χ0v) is 11.3. The molecule has 96 valence electrons. The third-order valence-corrected chi connectivity index (χ3v) is 2.54. The molecule has 4 heteroatoms. The van der Waals surface area contributed by atoms with Crippen LogP contribution in [0.5, 0.6) is 5.75 Å². The third-order valence-electron chi connectivity index (χ3n) is 2.30. The second-order valence-electron chi connectivity index (χ2n) is 4.21. The van der Waals surface area contributed by atoms with E-state index in [9.17, 15) is 0 Å². The van der Waals surface area contributed by atoms with E-state index in [-0.39, 0.29) is 0 Å². The number of nitrogens with one attached hydrogen (secondary N) is 1. The molecule has 0 saturated heterocycles. The molecule has 0 unspecified atom stereocenters. The predicted molar refractivity (Wildman–Crippen MR) is 73.0 cm³/mol. The van der Waals surface area contributed by atoms with Crippen LogP contribution in [0.1, 0.15) is 6.42 Å². The van der Waals surface area contributed by atoms with Crippen LogP contribution >= 0.6 is 11.6 Å². The summed E-state index contributed by atoms with van der Waals surface area (Å²) in [5.41, 5.74) is 0. The molecule has 1 aromatic rings. The fourth-order valence-electron chi connectivity index (χ4n) is 1.44. The van der Waals surface area contributed by atoms with E-state index < -0.39 is 0 Å². The first kappa shape index (κ1) is 14.3. The molecule has 0 aliphatic carbocycles. The highest BCUT2D eigenvalue weighted by molar-refractivity contribution is 6.30. The Morgan fingerprint density at radius 2 is 2.12 bits per heavy atom. The molecular weight excluding hydrogens is 236 g/mol. The average molecular weight is 257 g/mol. The minimum absolute atomic E-state index is 0.669. The van der Waals surface area contributed by atoms with E-state index in [1.807, 2.05) is 24.3 Å². The minimum Gasteiger partial charge on any atom is -0.492 e. The molecule has 1 rings (SSSR count). The summed E-state index contributed by atoms with van der Waals surface area (Å²) >= 11 is 5.86. The minimum atomic E-state index is 0.669. The zero-order valence-electron chi connectivity index (χ0n) is 10.6. The van der Waals surface area contributed by atoms with Gasteiger partial charge >= 0.3 is 0 Å². The maximum atomic E-state index is 5.86. The Morgan fingerprint density at radius 1 is 1.29 bits per heavy atom. The lowest BCUT2D eigenvalue weighted by molar-refractivity contribution is 0.311. The number of halogens is 1. The molecule has 0 radical (unpaired) electrons. The van der Waals surface area contributed by atoms with E-state index in [1.165, 1.54) is 0 Å². The molecule has 0 fully saturated rings. The molecule has 0 aliphatic heterocycles. The van der Waals surface area contributed by atoms with Crippen LogP contribution in [0.25, 0.3) is 0 Å². The highest BCUT2D eigenvalue weighted by Crippen LogP contribution is 2.16. The van der Waals surface area contributed by atoms with Gasteiger partial charge in [0.2, 0.25) is 0 Å². The van der Waals surface area contributed by atoms with E-state index in [0.717, 1.165) is 31.8 Å². The maximum absolute atomic E-state index is 5.86. The molecule has 0 bridgehead atoms. The van der Waals surface area contributed by atoms with Crippen molar-refractivity contribution in [1.29, 1.82) is 0 Å². The Bertz CT molecular complexity index is 318. The number of ether oxygens (including phenoxy) is 1. The quantitative estimate of drug-likeness (QED) is 0.722. The van der Waals surface area contributed by atoms with Crippen LogP contribution < -0.4 is 10.1 Å². The number of nitrogens with zero attached hydrogens (tertiary/aromatic N) is 1. The summed E-state index contributed by atoms with van der Waals surface area (Å²) in [4.78, 5) is 2.18. The van der Waals surface area contributed by atoms with Crippen LogP contribution in [0.4, 0.5) is 0 Å². The van der Waals surface area contributed by atoms with Crippen molar-refractivity contribution in [3.8, 4) is 5.75 Å².